The van der Waals surface area contributed by atoms with Crippen LogP contribution in [0, 0.1) is 4.77 Å². The van der Waals surface area contributed by atoms with Gasteiger partial charge in [0.1, 0.15) is 0 Å². The highest BCUT2D eigenvalue weighted by molar-refractivity contribution is 7.71. The van der Waals surface area contributed by atoms with Crippen LogP contribution in [0.3, 0.4) is 0 Å². The van der Waals surface area contributed by atoms with Crippen molar-refractivity contribution in [2.75, 3.05) is 6.61 Å². The Hall–Kier alpha value is -0.610. The van der Waals surface area contributed by atoms with Crippen LogP contribution in [0.5, 0.6) is 0 Å². The van der Waals surface area contributed by atoms with E-state index in [0.29, 0.717) is 12.1 Å². The lowest BCUT2D eigenvalue weighted by Gasteiger charge is -2.32. The molecule has 0 radical (unpaired) electrons. The van der Waals surface area contributed by atoms with Crippen molar-refractivity contribution in [3.05, 3.63) is 16.7 Å². The van der Waals surface area contributed by atoms with Gasteiger partial charge in [-0.15, -0.1) is 0 Å². The number of nitrogens with zero attached hydrogens (tertiary/aromatic N) is 1. The van der Waals surface area contributed by atoms with Gasteiger partial charge in [-0.05, 0) is 32.0 Å². The van der Waals surface area contributed by atoms with Crippen molar-refractivity contribution in [3.8, 4) is 0 Å². The Morgan fingerprint density at radius 2 is 2.18 bits per heavy atom. The summed E-state index contributed by atoms with van der Waals surface area (Å²) >= 11 is 5.43. The first-order valence-corrected chi connectivity index (χ1v) is 6.72. The molecule has 0 aromatic carbocycles. The van der Waals surface area contributed by atoms with Crippen LogP contribution in [0.2, 0.25) is 0 Å². The molecule has 2 unspecified atom stereocenters. The third kappa shape index (κ3) is 2.63. The normalized spacial score (nSPS) is 26.1. The van der Waals surface area contributed by atoms with E-state index in [-0.39, 0.29) is 5.41 Å². The van der Waals surface area contributed by atoms with Gasteiger partial charge in [-0.2, -0.15) is 0 Å². The van der Waals surface area contributed by atoms with Gasteiger partial charge in [-0.25, -0.2) is 0 Å². The van der Waals surface area contributed by atoms with Crippen LogP contribution in [-0.2, 0) is 10.2 Å². The molecule has 0 saturated carbocycles. The van der Waals surface area contributed by atoms with Crippen molar-refractivity contribution < 1.29 is 4.74 Å². The molecule has 0 spiro atoms. The molecule has 2 atom stereocenters. The molecule has 1 saturated heterocycles. The second kappa shape index (κ2) is 4.58. The maximum absolute atomic E-state index is 5.61. The summed E-state index contributed by atoms with van der Waals surface area (Å²) < 4.78 is 8.76. The average Bonchev–Trinajstić information content (AvgIpc) is 2.59. The zero-order chi connectivity index (χ0) is 12.6. The number of imidazole rings is 1. The molecule has 17 heavy (non-hydrogen) atoms. The lowest BCUT2D eigenvalue weighted by atomic mass is 9.91. The first-order valence-electron chi connectivity index (χ1n) is 6.31. The Morgan fingerprint density at radius 3 is 2.76 bits per heavy atom. The largest absolute Gasteiger partial charge is 0.378 e. The molecule has 1 aliphatic heterocycles. The number of hydrogen-bond acceptors (Lipinski definition) is 2. The van der Waals surface area contributed by atoms with Crippen LogP contribution in [0.4, 0.5) is 0 Å². The summed E-state index contributed by atoms with van der Waals surface area (Å²) in [6.07, 6.45) is 4.50. The van der Waals surface area contributed by atoms with Gasteiger partial charge in [0.2, 0.25) is 0 Å². The van der Waals surface area contributed by atoms with Gasteiger partial charge in [0.15, 0.2) is 4.77 Å². The number of H-pyrrole nitrogens is 1. The average molecular weight is 254 g/mol. The van der Waals surface area contributed by atoms with Crippen molar-refractivity contribution in [2.24, 2.45) is 0 Å². The molecule has 0 amide bonds. The summed E-state index contributed by atoms with van der Waals surface area (Å²) in [7, 11) is 0. The van der Waals surface area contributed by atoms with E-state index in [9.17, 15) is 0 Å². The first-order chi connectivity index (χ1) is 7.89. The van der Waals surface area contributed by atoms with Gasteiger partial charge in [0.05, 0.1) is 6.10 Å². The minimum Gasteiger partial charge on any atom is -0.378 e. The standard InChI is InChI=1S/C13H22N2OS/c1-9-7-10(5-6-16-9)15-11(13(2,3)4)8-14-12(15)17/h8-10H,5-7H2,1-4H3,(H,14,17). The molecule has 2 rings (SSSR count). The summed E-state index contributed by atoms with van der Waals surface area (Å²) in [5.41, 5.74) is 1.41. The SMILES string of the molecule is CC1CC(n2c(C(C)(C)C)c[nH]c2=S)CCO1. The smallest absolute Gasteiger partial charge is 0.177 e. The van der Waals surface area contributed by atoms with Gasteiger partial charge in [0.25, 0.3) is 0 Å². The highest BCUT2D eigenvalue weighted by Crippen LogP contribution is 2.31. The molecule has 1 aromatic rings. The lowest BCUT2D eigenvalue weighted by Crippen LogP contribution is -2.29. The highest BCUT2D eigenvalue weighted by atomic mass is 32.1. The quantitative estimate of drug-likeness (QED) is 0.776. The summed E-state index contributed by atoms with van der Waals surface area (Å²) in [5, 5.41) is 0. The van der Waals surface area contributed by atoms with Gasteiger partial charge >= 0.3 is 0 Å². The van der Waals surface area contributed by atoms with Crippen LogP contribution in [0.25, 0.3) is 0 Å². The van der Waals surface area contributed by atoms with E-state index in [2.05, 4.69) is 43.4 Å². The van der Waals surface area contributed by atoms with E-state index in [1.165, 1.54) is 5.69 Å². The molecule has 0 bridgehead atoms. The molecule has 1 N–H and O–H groups in total. The molecule has 1 aromatic heterocycles. The Morgan fingerprint density at radius 1 is 1.47 bits per heavy atom. The number of nitrogens with one attached hydrogen (secondary N) is 1. The number of hydrogen-bond donors (Lipinski definition) is 1. The minimum atomic E-state index is 0.120. The molecular weight excluding hydrogens is 232 g/mol. The van der Waals surface area contributed by atoms with Crippen LogP contribution < -0.4 is 0 Å². The van der Waals surface area contributed by atoms with E-state index < -0.39 is 0 Å². The lowest BCUT2D eigenvalue weighted by molar-refractivity contribution is 0.00476. The minimum absolute atomic E-state index is 0.120. The van der Waals surface area contributed by atoms with Gasteiger partial charge < -0.3 is 14.3 Å². The molecule has 1 aliphatic rings. The van der Waals surface area contributed by atoms with Crippen LogP contribution in [0.1, 0.15) is 52.3 Å². The Kier molecular flexibility index (Phi) is 3.46. The Bertz CT molecular complexity index is 441. The van der Waals surface area contributed by atoms with E-state index in [4.69, 9.17) is 17.0 Å². The molecule has 3 nitrogen and oxygen atoms in total. The second-order valence-corrected chi connectivity index (χ2v) is 6.35. The number of rotatable bonds is 1. The molecule has 4 heteroatoms. The predicted molar refractivity (Wildman–Crippen MR) is 72.0 cm³/mol. The third-order valence-corrected chi connectivity index (χ3v) is 3.72. The second-order valence-electron chi connectivity index (χ2n) is 5.96. The number of ether oxygens (including phenoxy) is 1. The van der Waals surface area contributed by atoms with Gasteiger partial charge in [0, 0.05) is 30.0 Å². The highest BCUT2D eigenvalue weighted by Gasteiger charge is 2.27. The van der Waals surface area contributed by atoms with Crippen molar-refractivity contribution >= 4 is 12.2 Å². The summed E-state index contributed by atoms with van der Waals surface area (Å²) in [5.74, 6) is 0. The van der Waals surface area contributed by atoms with Crippen LogP contribution in [-0.4, -0.2) is 22.3 Å². The maximum atomic E-state index is 5.61. The van der Waals surface area contributed by atoms with Crippen molar-refractivity contribution in [1.29, 1.82) is 0 Å². The summed E-state index contributed by atoms with van der Waals surface area (Å²) in [6.45, 7) is 9.65. The molecule has 1 fully saturated rings. The molecule has 2 heterocycles. The van der Waals surface area contributed by atoms with Crippen LogP contribution in [0.15, 0.2) is 6.20 Å². The predicted octanol–water partition coefficient (Wildman–Crippen LogP) is 3.58. The fourth-order valence-corrected chi connectivity index (χ4v) is 2.83. The first kappa shape index (κ1) is 12.8. The fraction of sp³-hybridized carbons (Fsp3) is 0.769. The van der Waals surface area contributed by atoms with Crippen molar-refractivity contribution in [3.63, 3.8) is 0 Å². The zero-order valence-electron chi connectivity index (χ0n) is 11.1. The van der Waals surface area contributed by atoms with E-state index >= 15 is 0 Å². The van der Waals surface area contributed by atoms with Crippen molar-refractivity contribution in [1.82, 2.24) is 9.55 Å². The monoisotopic (exact) mass is 254 g/mol. The van der Waals surface area contributed by atoms with E-state index in [0.717, 1.165) is 24.2 Å². The third-order valence-electron chi connectivity index (χ3n) is 3.40. The maximum Gasteiger partial charge on any atom is 0.177 e. The zero-order valence-corrected chi connectivity index (χ0v) is 11.9. The van der Waals surface area contributed by atoms with Gasteiger partial charge in [-0.3, -0.25) is 0 Å². The molecule has 0 aliphatic carbocycles. The number of aromatic amines is 1. The number of aromatic nitrogens is 2. The van der Waals surface area contributed by atoms with Gasteiger partial charge in [-0.1, -0.05) is 20.8 Å². The topological polar surface area (TPSA) is 29.9 Å². The van der Waals surface area contributed by atoms with Crippen molar-refractivity contribution in [2.45, 2.75) is 58.1 Å². The Balaban J connectivity index is 2.37. The molecular formula is C13H22N2OS. The van der Waals surface area contributed by atoms with E-state index in [1.807, 2.05) is 0 Å². The molecule has 96 valence electrons. The fourth-order valence-electron chi connectivity index (χ4n) is 2.53. The Labute approximate surface area is 108 Å². The van der Waals surface area contributed by atoms with E-state index in [1.54, 1.807) is 0 Å². The van der Waals surface area contributed by atoms with Crippen LogP contribution >= 0.6 is 12.2 Å². The summed E-state index contributed by atoms with van der Waals surface area (Å²) in [6, 6.07) is 0.478. The summed E-state index contributed by atoms with van der Waals surface area (Å²) in [4.78, 5) is 3.19.